The highest BCUT2D eigenvalue weighted by molar-refractivity contribution is 6.22. The third-order valence-corrected chi connectivity index (χ3v) is 2.53. The first kappa shape index (κ1) is 16.7. The van der Waals surface area contributed by atoms with Crippen LogP contribution in [0.1, 0.15) is 5.56 Å². The molecule has 1 rings (SSSR count). The number of aromatic nitrogens is 1. The van der Waals surface area contributed by atoms with Gasteiger partial charge in [-0.1, -0.05) is 0 Å². The molecular weight excluding hydrogens is 324 g/mol. The zero-order chi connectivity index (χ0) is 16.0. The summed E-state index contributed by atoms with van der Waals surface area (Å²) in [5.41, 5.74) is 3.29. The SMILES string of the molecule is Nc1ccc(C(F)(F)C(F)(F)C(F)(F)C(F)(F)Cl)cn1. The first-order chi connectivity index (χ1) is 8.75. The van der Waals surface area contributed by atoms with Gasteiger partial charge >= 0.3 is 23.1 Å². The van der Waals surface area contributed by atoms with Crippen LogP contribution in [0.3, 0.4) is 0 Å². The van der Waals surface area contributed by atoms with Crippen molar-refractivity contribution in [2.75, 3.05) is 5.73 Å². The van der Waals surface area contributed by atoms with Crippen molar-refractivity contribution >= 4 is 17.4 Å². The molecule has 114 valence electrons. The van der Waals surface area contributed by atoms with Gasteiger partial charge in [-0.25, -0.2) is 4.98 Å². The Labute approximate surface area is 111 Å². The van der Waals surface area contributed by atoms with Crippen molar-refractivity contribution in [2.24, 2.45) is 0 Å². The first-order valence-corrected chi connectivity index (χ1v) is 5.05. The van der Waals surface area contributed by atoms with Crippen LogP contribution in [-0.4, -0.2) is 22.2 Å². The smallest absolute Gasteiger partial charge is 0.384 e. The molecule has 0 radical (unpaired) electrons. The molecule has 0 saturated carbocycles. The molecule has 0 aliphatic heterocycles. The summed E-state index contributed by atoms with van der Waals surface area (Å²) in [5.74, 6) is -19.0. The van der Waals surface area contributed by atoms with Crippen LogP contribution in [0.4, 0.5) is 40.9 Å². The highest BCUT2D eigenvalue weighted by atomic mass is 35.5. The summed E-state index contributed by atoms with van der Waals surface area (Å²) in [4.78, 5) is 3.00. The second-order valence-corrected chi connectivity index (χ2v) is 4.17. The third-order valence-electron chi connectivity index (χ3n) is 2.29. The van der Waals surface area contributed by atoms with Crippen LogP contribution in [0.5, 0.6) is 0 Å². The van der Waals surface area contributed by atoms with E-state index >= 15 is 0 Å². The molecule has 0 fully saturated rings. The van der Waals surface area contributed by atoms with E-state index in [1.54, 1.807) is 0 Å². The van der Waals surface area contributed by atoms with Gasteiger partial charge in [-0.3, -0.25) is 0 Å². The summed E-state index contributed by atoms with van der Waals surface area (Å²) in [7, 11) is 0. The summed E-state index contributed by atoms with van der Waals surface area (Å²) in [6.07, 6.45) is 0.0751. The van der Waals surface area contributed by atoms with Crippen molar-refractivity contribution in [3.8, 4) is 0 Å². The lowest BCUT2D eigenvalue weighted by atomic mass is 9.98. The van der Waals surface area contributed by atoms with Crippen molar-refractivity contribution in [1.82, 2.24) is 4.98 Å². The quantitative estimate of drug-likeness (QED) is 0.673. The largest absolute Gasteiger partial charge is 0.393 e. The van der Waals surface area contributed by atoms with Crippen molar-refractivity contribution in [1.29, 1.82) is 0 Å². The van der Waals surface area contributed by atoms with Crippen molar-refractivity contribution in [3.05, 3.63) is 23.9 Å². The Morgan fingerprint density at radius 2 is 1.40 bits per heavy atom. The number of halogens is 9. The minimum atomic E-state index is -6.49. The monoisotopic (exact) mass is 328 g/mol. The molecule has 1 heterocycles. The van der Waals surface area contributed by atoms with Crippen molar-refractivity contribution in [3.63, 3.8) is 0 Å². The molecule has 11 heteroatoms. The van der Waals surface area contributed by atoms with E-state index in [0.29, 0.717) is 6.07 Å². The van der Waals surface area contributed by atoms with Crippen LogP contribution in [0, 0.1) is 0 Å². The Hall–Kier alpha value is -1.32. The van der Waals surface area contributed by atoms with Gasteiger partial charge in [-0.05, 0) is 23.7 Å². The summed E-state index contributed by atoms with van der Waals surface area (Å²) < 4.78 is 103. The van der Waals surface area contributed by atoms with Crippen LogP contribution >= 0.6 is 11.6 Å². The minimum Gasteiger partial charge on any atom is -0.384 e. The van der Waals surface area contributed by atoms with Crippen LogP contribution in [0.15, 0.2) is 18.3 Å². The number of pyridine rings is 1. The number of rotatable bonds is 4. The molecule has 0 aromatic carbocycles. The number of hydrogen-bond donors (Lipinski definition) is 1. The lowest BCUT2D eigenvalue weighted by molar-refractivity contribution is -0.352. The van der Waals surface area contributed by atoms with E-state index < -0.39 is 28.7 Å². The Kier molecular flexibility index (Phi) is 3.85. The Morgan fingerprint density at radius 1 is 0.900 bits per heavy atom. The van der Waals surface area contributed by atoms with Gasteiger partial charge in [0.2, 0.25) is 0 Å². The fraction of sp³-hybridized carbons (Fsp3) is 0.444. The molecule has 1 aromatic heterocycles. The van der Waals surface area contributed by atoms with Gasteiger partial charge in [0, 0.05) is 11.8 Å². The molecule has 2 N–H and O–H groups in total. The Balaban J connectivity index is 3.35. The predicted molar refractivity (Wildman–Crippen MR) is 53.2 cm³/mol. The second kappa shape index (κ2) is 4.61. The molecule has 0 aliphatic carbocycles. The van der Waals surface area contributed by atoms with E-state index in [-0.39, 0.29) is 18.1 Å². The number of alkyl halides is 9. The molecule has 0 aliphatic rings. The average molecular weight is 329 g/mol. The van der Waals surface area contributed by atoms with Crippen LogP contribution < -0.4 is 5.73 Å². The van der Waals surface area contributed by atoms with Gasteiger partial charge < -0.3 is 5.73 Å². The van der Waals surface area contributed by atoms with Crippen LogP contribution in [0.25, 0.3) is 0 Å². The van der Waals surface area contributed by atoms with Crippen molar-refractivity contribution < 1.29 is 35.1 Å². The molecular formula is C9H5ClF8N2. The van der Waals surface area contributed by atoms with E-state index in [2.05, 4.69) is 16.6 Å². The van der Waals surface area contributed by atoms with Gasteiger partial charge in [0.15, 0.2) is 0 Å². The van der Waals surface area contributed by atoms with Crippen LogP contribution in [0.2, 0.25) is 0 Å². The number of hydrogen-bond acceptors (Lipinski definition) is 2. The Bertz CT molecular complexity index is 482. The van der Waals surface area contributed by atoms with Gasteiger partial charge in [0.05, 0.1) is 0 Å². The fourth-order valence-corrected chi connectivity index (χ4v) is 1.27. The molecule has 0 spiro atoms. The summed E-state index contributed by atoms with van der Waals surface area (Å²) in [6, 6.07) is 0.884. The highest BCUT2D eigenvalue weighted by Gasteiger charge is 2.80. The fourth-order valence-electron chi connectivity index (χ4n) is 1.15. The third kappa shape index (κ3) is 2.36. The molecule has 0 unspecified atom stereocenters. The standard InChI is InChI=1S/C9H5ClF8N2/c10-9(17,18)8(15,16)7(13,14)6(11,12)4-1-2-5(19)20-3-4/h1-3H,(H2,19,20). The maximum Gasteiger partial charge on any atom is 0.393 e. The molecule has 1 aromatic rings. The van der Waals surface area contributed by atoms with E-state index in [0.717, 1.165) is 0 Å². The summed E-state index contributed by atoms with van der Waals surface area (Å²) >= 11 is 3.80. The normalized spacial score (nSPS) is 14.4. The van der Waals surface area contributed by atoms with E-state index in [1.165, 1.54) is 0 Å². The summed E-state index contributed by atoms with van der Waals surface area (Å²) in [6.45, 7) is 0. The van der Waals surface area contributed by atoms with Gasteiger partial charge in [-0.2, -0.15) is 35.1 Å². The lowest BCUT2D eigenvalue weighted by Gasteiger charge is -2.34. The molecule has 2 nitrogen and oxygen atoms in total. The molecule has 0 saturated heterocycles. The van der Waals surface area contributed by atoms with Gasteiger partial charge in [0.1, 0.15) is 5.82 Å². The number of nitrogen functional groups attached to an aromatic ring is 1. The number of nitrogens with two attached hydrogens (primary N) is 1. The molecule has 0 amide bonds. The van der Waals surface area contributed by atoms with Gasteiger partial charge in [-0.15, -0.1) is 0 Å². The second-order valence-electron chi connectivity index (χ2n) is 3.69. The topological polar surface area (TPSA) is 38.9 Å². The highest BCUT2D eigenvalue weighted by Crippen LogP contribution is 2.57. The molecule has 20 heavy (non-hydrogen) atoms. The van der Waals surface area contributed by atoms with E-state index in [1.807, 2.05) is 0 Å². The zero-order valence-corrected chi connectivity index (χ0v) is 9.91. The van der Waals surface area contributed by atoms with E-state index in [9.17, 15) is 35.1 Å². The number of anilines is 1. The minimum absolute atomic E-state index is 0.0751. The average Bonchev–Trinajstić information content (AvgIpc) is 2.27. The Morgan fingerprint density at radius 3 is 1.75 bits per heavy atom. The summed E-state index contributed by atoms with van der Waals surface area (Å²) in [5, 5.41) is -5.87. The molecule has 0 bridgehead atoms. The zero-order valence-electron chi connectivity index (χ0n) is 9.16. The number of nitrogens with zero attached hydrogens (tertiary/aromatic N) is 1. The lowest BCUT2D eigenvalue weighted by Crippen LogP contribution is -2.59. The molecule has 0 atom stereocenters. The first-order valence-electron chi connectivity index (χ1n) is 4.67. The van der Waals surface area contributed by atoms with Gasteiger partial charge in [0.25, 0.3) is 0 Å². The maximum atomic E-state index is 13.4. The van der Waals surface area contributed by atoms with E-state index in [4.69, 9.17) is 5.73 Å². The van der Waals surface area contributed by atoms with Crippen molar-refractivity contribution in [2.45, 2.75) is 23.1 Å². The maximum absolute atomic E-state index is 13.4. The van der Waals surface area contributed by atoms with Crippen LogP contribution in [-0.2, 0) is 5.92 Å². The predicted octanol–water partition coefficient (Wildman–Crippen LogP) is 3.86.